The summed E-state index contributed by atoms with van der Waals surface area (Å²) in [5, 5.41) is 16.2. The predicted octanol–water partition coefficient (Wildman–Crippen LogP) is 6.92. The van der Waals surface area contributed by atoms with Crippen molar-refractivity contribution in [2.24, 2.45) is 5.73 Å². The van der Waals surface area contributed by atoms with Crippen molar-refractivity contribution >= 4 is 11.9 Å². The molecule has 0 fully saturated rings. The van der Waals surface area contributed by atoms with E-state index in [9.17, 15) is 9.59 Å². The second-order valence-electron chi connectivity index (χ2n) is 8.11. The maximum absolute atomic E-state index is 10.4. The van der Waals surface area contributed by atoms with Gasteiger partial charge < -0.3 is 15.9 Å². The molecule has 0 aromatic carbocycles. The maximum Gasteiger partial charge on any atom is 0.317 e. The molecule has 0 saturated heterocycles. The molecule has 0 rings (SSSR count). The Hall–Kier alpha value is -1.10. The number of carboxylic acid groups (broad SMARTS) is 2. The number of hydrogen-bond acceptors (Lipinski definition) is 3. The van der Waals surface area contributed by atoms with Gasteiger partial charge in [-0.05, 0) is 6.42 Å². The molecule has 0 radical (unpaired) electrons. The minimum absolute atomic E-state index is 0.278. The average molecular weight is 416 g/mol. The van der Waals surface area contributed by atoms with Gasteiger partial charge in [-0.15, -0.1) is 0 Å². The molecular formula is C24H49NO4. The van der Waals surface area contributed by atoms with Crippen LogP contribution in [0.4, 0.5) is 0 Å². The number of hydrogen-bond donors (Lipinski definition) is 3. The highest BCUT2D eigenvalue weighted by atomic mass is 16.4. The second kappa shape index (κ2) is 26.9. The molecule has 0 atom stereocenters. The van der Waals surface area contributed by atoms with E-state index in [0.717, 1.165) is 12.8 Å². The van der Waals surface area contributed by atoms with Gasteiger partial charge in [0.2, 0.25) is 0 Å². The van der Waals surface area contributed by atoms with Crippen molar-refractivity contribution in [3.63, 3.8) is 0 Å². The van der Waals surface area contributed by atoms with Crippen LogP contribution in [0.15, 0.2) is 0 Å². The highest BCUT2D eigenvalue weighted by molar-refractivity contribution is 5.68. The Labute approximate surface area is 179 Å². The monoisotopic (exact) mass is 415 g/mol. The molecule has 0 amide bonds. The third-order valence-corrected chi connectivity index (χ3v) is 5.17. The van der Waals surface area contributed by atoms with Crippen molar-refractivity contribution in [1.29, 1.82) is 0 Å². The van der Waals surface area contributed by atoms with E-state index in [1.54, 1.807) is 0 Å². The third-order valence-electron chi connectivity index (χ3n) is 5.17. The van der Waals surface area contributed by atoms with E-state index in [4.69, 9.17) is 10.2 Å². The molecule has 0 aliphatic carbocycles. The van der Waals surface area contributed by atoms with Crippen LogP contribution in [0.1, 0.15) is 135 Å². The summed E-state index contributed by atoms with van der Waals surface area (Å²) in [5.41, 5.74) is 4.57. The minimum Gasteiger partial charge on any atom is -0.481 e. The lowest BCUT2D eigenvalue weighted by atomic mass is 10.0. The Morgan fingerprint density at radius 3 is 0.966 bits per heavy atom. The van der Waals surface area contributed by atoms with E-state index in [1.807, 2.05) is 0 Å². The lowest BCUT2D eigenvalue weighted by Gasteiger charge is -2.03. The summed E-state index contributed by atoms with van der Waals surface area (Å²) in [6, 6.07) is 0. The van der Waals surface area contributed by atoms with Crippen LogP contribution in [0.2, 0.25) is 0 Å². The van der Waals surface area contributed by atoms with Crippen molar-refractivity contribution in [3.05, 3.63) is 0 Å². The van der Waals surface area contributed by atoms with Gasteiger partial charge in [0.1, 0.15) is 0 Å². The van der Waals surface area contributed by atoms with Gasteiger partial charge in [-0.3, -0.25) is 9.59 Å². The summed E-state index contributed by atoms with van der Waals surface area (Å²) in [5.74, 6) is -1.62. The van der Waals surface area contributed by atoms with E-state index >= 15 is 0 Å². The Bertz CT molecular complexity index is 348. The van der Waals surface area contributed by atoms with Crippen molar-refractivity contribution < 1.29 is 19.8 Å². The van der Waals surface area contributed by atoms with Gasteiger partial charge in [0.25, 0.3) is 0 Å². The molecule has 0 aromatic rings. The zero-order valence-corrected chi connectivity index (χ0v) is 19.1. The number of aliphatic carboxylic acids is 2. The molecule has 5 nitrogen and oxygen atoms in total. The lowest BCUT2D eigenvalue weighted by molar-refractivity contribution is -0.137. The van der Waals surface area contributed by atoms with Gasteiger partial charge in [-0.1, -0.05) is 122 Å². The number of carboxylic acids is 2. The molecule has 5 heteroatoms. The van der Waals surface area contributed by atoms with Crippen molar-refractivity contribution in [2.45, 2.75) is 135 Å². The van der Waals surface area contributed by atoms with Gasteiger partial charge in [0.15, 0.2) is 0 Å². The Morgan fingerprint density at radius 2 is 0.759 bits per heavy atom. The first-order valence-corrected chi connectivity index (χ1v) is 12.2. The number of rotatable bonds is 21. The van der Waals surface area contributed by atoms with Gasteiger partial charge >= 0.3 is 11.9 Å². The fourth-order valence-electron chi connectivity index (χ4n) is 3.35. The normalized spacial score (nSPS) is 10.4. The van der Waals surface area contributed by atoms with E-state index in [0.29, 0.717) is 6.42 Å². The SMILES string of the molecule is CCCCCCCCCCCCCCCCCCCCCC(=O)O.NCC(=O)O. The summed E-state index contributed by atoms with van der Waals surface area (Å²) in [7, 11) is 0. The first kappa shape index (κ1) is 30.1. The first-order valence-electron chi connectivity index (χ1n) is 12.2. The smallest absolute Gasteiger partial charge is 0.317 e. The minimum atomic E-state index is -0.968. The molecule has 0 spiro atoms. The van der Waals surface area contributed by atoms with Crippen LogP contribution in [0, 0.1) is 0 Å². The Kier molecular flexibility index (Phi) is 27.9. The van der Waals surface area contributed by atoms with Crippen molar-refractivity contribution in [2.75, 3.05) is 6.54 Å². The van der Waals surface area contributed by atoms with Gasteiger partial charge in [0, 0.05) is 6.42 Å². The fraction of sp³-hybridized carbons (Fsp3) is 0.917. The van der Waals surface area contributed by atoms with E-state index < -0.39 is 11.9 Å². The summed E-state index contributed by atoms with van der Waals surface area (Å²) >= 11 is 0. The zero-order valence-electron chi connectivity index (χ0n) is 19.1. The molecule has 0 bridgehead atoms. The maximum atomic E-state index is 10.4. The topological polar surface area (TPSA) is 101 Å². The van der Waals surface area contributed by atoms with Crippen LogP contribution in [-0.4, -0.2) is 28.7 Å². The van der Waals surface area contributed by atoms with Gasteiger partial charge in [-0.25, -0.2) is 0 Å². The van der Waals surface area contributed by atoms with E-state index in [1.165, 1.54) is 109 Å². The molecule has 4 N–H and O–H groups in total. The van der Waals surface area contributed by atoms with Crippen LogP contribution >= 0.6 is 0 Å². The number of nitrogens with two attached hydrogens (primary N) is 1. The molecule has 0 heterocycles. The molecule has 0 saturated carbocycles. The van der Waals surface area contributed by atoms with Crippen LogP contribution in [0.5, 0.6) is 0 Å². The third kappa shape index (κ3) is 34.8. The van der Waals surface area contributed by atoms with Crippen LogP contribution in [0.25, 0.3) is 0 Å². The van der Waals surface area contributed by atoms with E-state index in [-0.39, 0.29) is 6.54 Å². The van der Waals surface area contributed by atoms with Crippen LogP contribution < -0.4 is 5.73 Å². The van der Waals surface area contributed by atoms with E-state index in [2.05, 4.69) is 12.7 Å². The Morgan fingerprint density at radius 1 is 0.517 bits per heavy atom. The van der Waals surface area contributed by atoms with Gasteiger partial charge in [-0.2, -0.15) is 0 Å². The quantitative estimate of drug-likeness (QED) is 0.177. The summed E-state index contributed by atoms with van der Waals surface area (Å²) in [6.07, 6.45) is 26.1. The number of unbranched alkanes of at least 4 members (excludes halogenated alkanes) is 18. The molecule has 174 valence electrons. The lowest BCUT2D eigenvalue weighted by Crippen LogP contribution is -2.10. The summed E-state index contributed by atoms with van der Waals surface area (Å²) in [6.45, 7) is 2.01. The molecular weight excluding hydrogens is 366 g/mol. The summed E-state index contributed by atoms with van der Waals surface area (Å²) < 4.78 is 0. The van der Waals surface area contributed by atoms with Crippen LogP contribution in [0.3, 0.4) is 0 Å². The largest absolute Gasteiger partial charge is 0.481 e. The van der Waals surface area contributed by atoms with Crippen molar-refractivity contribution in [3.8, 4) is 0 Å². The average Bonchev–Trinajstić information content (AvgIpc) is 2.70. The van der Waals surface area contributed by atoms with Crippen molar-refractivity contribution in [1.82, 2.24) is 0 Å². The molecule has 0 unspecified atom stereocenters. The second-order valence-corrected chi connectivity index (χ2v) is 8.11. The molecule has 0 aromatic heterocycles. The summed E-state index contributed by atoms with van der Waals surface area (Å²) in [4.78, 5) is 19.6. The highest BCUT2D eigenvalue weighted by Gasteiger charge is 1.97. The molecule has 29 heavy (non-hydrogen) atoms. The first-order chi connectivity index (χ1) is 14.0. The predicted molar refractivity (Wildman–Crippen MR) is 122 cm³/mol. The number of carbonyl (C=O) groups is 2. The van der Waals surface area contributed by atoms with Crippen LogP contribution in [-0.2, 0) is 9.59 Å². The fourth-order valence-corrected chi connectivity index (χ4v) is 3.35. The van der Waals surface area contributed by atoms with Gasteiger partial charge in [0.05, 0.1) is 6.54 Å². The highest BCUT2D eigenvalue weighted by Crippen LogP contribution is 2.14. The Balaban J connectivity index is 0. The standard InChI is InChI=1S/C22H44O2.C2H5NO2/c1-2-3-4-5-6-7-8-9-10-11-12-13-14-15-16-17-18-19-20-21-22(23)24;3-1-2(4)5/h2-21H2,1H3,(H,23,24);1,3H2,(H,4,5). The molecule has 0 aliphatic heterocycles. The molecule has 0 aliphatic rings. The zero-order chi connectivity index (χ0) is 22.0.